The zero-order valence-electron chi connectivity index (χ0n) is 8.73. The minimum absolute atomic E-state index is 0. The van der Waals surface area contributed by atoms with Crippen LogP contribution in [0.1, 0.15) is 0 Å². The summed E-state index contributed by atoms with van der Waals surface area (Å²) in [5, 5.41) is 34.8. The molecule has 0 fully saturated rings. The summed E-state index contributed by atoms with van der Waals surface area (Å²) in [6.07, 6.45) is 0. The Morgan fingerprint density at radius 3 is 0.947 bits per heavy atom. The summed E-state index contributed by atoms with van der Waals surface area (Å²) >= 11 is 0. The summed E-state index contributed by atoms with van der Waals surface area (Å²) in [6.45, 7) is 0. The van der Waals surface area contributed by atoms with Crippen LogP contribution in [0.4, 0.5) is 0 Å². The maximum atomic E-state index is 9.66. The van der Waals surface area contributed by atoms with E-state index in [1.807, 2.05) is 0 Å². The van der Waals surface area contributed by atoms with Gasteiger partial charge in [-0.2, -0.15) is 16.8 Å². The van der Waals surface area contributed by atoms with E-state index >= 15 is 0 Å². The van der Waals surface area contributed by atoms with Gasteiger partial charge in [-0.05, 0) is 0 Å². The molecule has 2 atom stereocenters. The fraction of sp³-hybridized carbons (Fsp3) is 0.500. The van der Waals surface area contributed by atoms with E-state index in [1.54, 1.807) is 0 Å². The molecule has 15 heteroatoms. The second-order valence-electron chi connectivity index (χ2n) is 2.37. The number of hydrogen-bond donors (Lipinski definition) is 4. The predicted molar refractivity (Wildman–Crippen MR) is 45.1 cm³/mol. The van der Waals surface area contributed by atoms with E-state index in [2.05, 4.69) is 0 Å². The van der Waals surface area contributed by atoms with Crippen LogP contribution < -0.4 is 10.2 Å². The van der Waals surface area contributed by atoms with Gasteiger partial charge in [0, 0.05) is 0 Å². The van der Waals surface area contributed by atoms with Gasteiger partial charge in [0.2, 0.25) is 10.9 Å². The standard InChI is InChI=1S/2C2H4O6S.Zn/c2*3-1(4)2(5)9(6,7)8;/h2*2,5H,(H,3,4)(H,6,7,8);/q;;+2/p-2. The monoisotopic (exact) mass is 374 g/mol. The van der Waals surface area contributed by atoms with Crippen LogP contribution in [-0.2, 0) is 49.3 Å². The van der Waals surface area contributed by atoms with E-state index in [4.69, 9.17) is 19.3 Å². The van der Waals surface area contributed by atoms with Crippen molar-refractivity contribution in [2.75, 3.05) is 0 Å². The molecule has 0 amide bonds. The van der Waals surface area contributed by atoms with Crippen LogP contribution in [0.15, 0.2) is 0 Å². The minimum Gasteiger partial charge on any atom is -0.546 e. The van der Waals surface area contributed by atoms with E-state index in [0.29, 0.717) is 0 Å². The summed E-state index contributed by atoms with van der Waals surface area (Å²) in [7, 11) is -9.82. The first-order valence-electron chi connectivity index (χ1n) is 3.41. The molecule has 0 aromatic carbocycles. The number of carbonyl (C=O) groups is 2. The van der Waals surface area contributed by atoms with Crippen molar-refractivity contribution in [1.29, 1.82) is 0 Å². The number of carboxylic acid groups (broad SMARTS) is 2. The molecule has 0 aliphatic rings. The molecule has 0 spiro atoms. The molecule has 0 saturated heterocycles. The topological polar surface area (TPSA) is 229 Å². The number of aliphatic hydroxyl groups excluding tert-OH is 2. The fourth-order valence-corrected chi connectivity index (χ4v) is 0.730. The molecule has 12 nitrogen and oxygen atoms in total. The van der Waals surface area contributed by atoms with E-state index < -0.39 is 43.0 Å². The Hall–Kier alpha value is -0.697. The third-order valence-electron chi connectivity index (χ3n) is 0.968. The summed E-state index contributed by atoms with van der Waals surface area (Å²) in [5.74, 6) is -4.50. The number of carbonyl (C=O) groups excluding carboxylic acids is 2. The Balaban J connectivity index is -0.000000256. The Bertz CT molecular complexity index is 456. The van der Waals surface area contributed by atoms with E-state index in [1.165, 1.54) is 0 Å². The quantitative estimate of drug-likeness (QED) is 0.265. The molecule has 0 aliphatic heterocycles. The second-order valence-corrected chi connectivity index (χ2v) is 5.33. The van der Waals surface area contributed by atoms with Gasteiger partial charge in [-0.1, -0.05) is 0 Å². The van der Waals surface area contributed by atoms with Gasteiger partial charge < -0.3 is 30.0 Å². The molecule has 0 aromatic heterocycles. The van der Waals surface area contributed by atoms with Crippen LogP contribution in [0, 0.1) is 0 Å². The van der Waals surface area contributed by atoms with Crippen molar-refractivity contribution in [3.05, 3.63) is 0 Å². The molecular formula is C4H6O12S2Zn. The Morgan fingerprint density at radius 1 is 0.789 bits per heavy atom. The molecule has 2 unspecified atom stereocenters. The van der Waals surface area contributed by atoms with Crippen LogP contribution in [-0.4, -0.2) is 59.0 Å². The van der Waals surface area contributed by atoms with Crippen LogP contribution in [0.2, 0.25) is 0 Å². The molecule has 0 heterocycles. The molecule has 108 valence electrons. The summed E-state index contributed by atoms with van der Waals surface area (Å²) in [5.41, 5.74) is -5.70. The Labute approximate surface area is 118 Å². The van der Waals surface area contributed by atoms with Gasteiger partial charge in [0.15, 0.2) is 0 Å². The zero-order chi connectivity index (χ0) is 15.3. The van der Waals surface area contributed by atoms with Gasteiger partial charge >= 0.3 is 19.5 Å². The first kappa shape index (κ1) is 23.4. The first-order chi connectivity index (χ1) is 7.71. The third-order valence-corrected chi connectivity index (χ3v) is 2.48. The predicted octanol–water partition coefficient (Wildman–Crippen LogP) is -6.12. The third kappa shape index (κ3) is 10.9. The van der Waals surface area contributed by atoms with Crippen molar-refractivity contribution < 1.29 is 75.4 Å². The number of aliphatic hydroxyl groups is 2. The number of hydrogen-bond acceptors (Lipinski definition) is 10. The van der Waals surface area contributed by atoms with Gasteiger partial charge in [0.25, 0.3) is 20.2 Å². The summed E-state index contributed by atoms with van der Waals surface area (Å²) in [6, 6.07) is 0. The Morgan fingerprint density at radius 2 is 0.947 bits per heavy atom. The van der Waals surface area contributed by atoms with Gasteiger partial charge in [-0.15, -0.1) is 0 Å². The van der Waals surface area contributed by atoms with Crippen molar-refractivity contribution in [2.24, 2.45) is 0 Å². The molecule has 0 aliphatic carbocycles. The Kier molecular flexibility index (Phi) is 10.4. The van der Waals surface area contributed by atoms with Crippen LogP contribution in [0.25, 0.3) is 0 Å². The minimum atomic E-state index is -4.91. The summed E-state index contributed by atoms with van der Waals surface area (Å²) < 4.78 is 54.1. The van der Waals surface area contributed by atoms with Crippen molar-refractivity contribution in [1.82, 2.24) is 0 Å². The van der Waals surface area contributed by atoms with Crippen molar-refractivity contribution in [3.63, 3.8) is 0 Å². The number of carboxylic acids is 2. The maximum absolute atomic E-state index is 9.66. The number of aliphatic carboxylic acids is 2. The van der Waals surface area contributed by atoms with E-state index in [0.717, 1.165) is 0 Å². The molecule has 0 saturated carbocycles. The van der Waals surface area contributed by atoms with Gasteiger partial charge in [-0.25, -0.2) is 0 Å². The van der Waals surface area contributed by atoms with Gasteiger partial charge in [0.05, 0.1) is 11.9 Å². The SMILES string of the molecule is O=C([O-])C(O)S(=O)(=O)O.O=C([O-])C(O)S(=O)(=O)O.[Zn+2]. The maximum Gasteiger partial charge on any atom is 2.00 e. The van der Waals surface area contributed by atoms with Gasteiger partial charge in [0.1, 0.15) is 0 Å². The van der Waals surface area contributed by atoms with Crippen molar-refractivity contribution >= 4 is 32.2 Å². The molecule has 4 N–H and O–H groups in total. The van der Waals surface area contributed by atoms with Crippen molar-refractivity contribution in [2.45, 2.75) is 10.9 Å². The molecular weight excluding hydrogens is 370 g/mol. The molecule has 0 rings (SSSR count). The first-order valence-corrected chi connectivity index (χ1v) is 6.42. The van der Waals surface area contributed by atoms with Crippen LogP contribution in [0.5, 0.6) is 0 Å². The van der Waals surface area contributed by atoms with E-state index in [-0.39, 0.29) is 19.5 Å². The smallest absolute Gasteiger partial charge is 0.546 e. The normalized spacial score (nSPS) is 14.1. The average Bonchev–Trinajstić information content (AvgIpc) is 2.13. The molecule has 0 aromatic rings. The van der Waals surface area contributed by atoms with Crippen molar-refractivity contribution in [3.8, 4) is 0 Å². The summed E-state index contributed by atoms with van der Waals surface area (Å²) in [4.78, 5) is 18.9. The molecule has 19 heavy (non-hydrogen) atoms. The van der Waals surface area contributed by atoms with Crippen LogP contribution in [0.3, 0.4) is 0 Å². The number of rotatable bonds is 4. The second kappa shape index (κ2) is 8.47. The zero-order valence-corrected chi connectivity index (χ0v) is 13.3. The van der Waals surface area contributed by atoms with Gasteiger partial charge in [-0.3, -0.25) is 9.11 Å². The molecule has 0 radical (unpaired) electrons. The average molecular weight is 376 g/mol. The van der Waals surface area contributed by atoms with E-state index in [9.17, 15) is 36.6 Å². The molecule has 0 bridgehead atoms. The van der Waals surface area contributed by atoms with Crippen LogP contribution >= 0.6 is 0 Å². The largest absolute Gasteiger partial charge is 2.00 e. The fourth-order valence-electron chi connectivity index (χ4n) is 0.243.